The third-order valence-corrected chi connectivity index (χ3v) is 7.53. The van der Waals surface area contributed by atoms with Crippen LogP contribution in [0.2, 0.25) is 0 Å². The van der Waals surface area contributed by atoms with Gasteiger partial charge >= 0.3 is 0 Å². The highest BCUT2D eigenvalue weighted by Gasteiger charge is 2.37. The van der Waals surface area contributed by atoms with Crippen molar-refractivity contribution < 1.29 is 28.6 Å². The number of pyridine rings is 1. The Hall–Kier alpha value is -3.87. The minimum absolute atomic E-state index is 0.0828. The number of carbonyl (C=O) groups excluding carboxylic acids is 3. The number of aryl methyl sites for hydroxylation is 1. The van der Waals surface area contributed by atoms with Crippen LogP contribution in [0.25, 0.3) is 0 Å². The number of fused-ring (bicyclic) bond motifs is 5. The maximum absolute atomic E-state index is 13.4. The first-order valence-corrected chi connectivity index (χ1v) is 13.9. The molecule has 0 radical (unpaired) electrons. The van der Waals surface area contributed by atoms with Crippen LogP contribution in [0.15, 0.2) is 48.1 Å². The Labute approximate surface area is 236 Å². The van der Waals surface area contributed by atoms with Crippen molar-refractivity contribution in [3.05, 3.63) is 69.9 Å². The number of amides is 3. The molecule has 210 valence electrons. The van der Waals surface area contributed by atoms with Crippen LogP contribution in [0.1, 0.15) is 26.6 Å². The van der Waals surface area contributed by atoms with Gasteiger partial charge < -0.3 is 29.3 Å². The largest absolute Gasteiger partial charge is 0.456 e. The average Bonchev–Trinajstić information content (AvgIpc) is 3.54. The van der Waals surface area contributed by atoms with E-state index in [-0.39, 0.29) is 50.4 Å². The zero-order valence-electron chi connectivity index (χ0n) is 22.4. The second-order valence-electron chi connectivity index (χ2n) is 9.74. The predicted octanol–water partition coefficient (Wildman–Crippen LogP) is 2.20. The summed E-state index contributed by atoms with van der Waals surface area (Å²) < 4.78 is 17.4. The molecule has 1 fully saturated rings. The number of rotatable bonds is 5. The van der Waals surface area contributed by atoms with Crippen molar-refractivity contribution in [1.29, 1.82) is 0 Å². The van der Waals surface area contributed by atoms with E-state index in [9.17, 15) is 14.4 Å². The molecule has 2 aromatic heterocycles. The lowest BCUT2D eigenvalue weighted by molar-refractivity contribution is -0.130. The fourth-order valence-electron chi connectivity index (χ4n) is 4.73. The third kappa shape index (κ3) is 6.82. The van der Waals surface area contributed by atoms with E-state index in [4.69, 9.17) is 14.2 Å². The van der Waals surface area contributed by atoms with E-state index in [1.807, 2.05) is 36.6 Å². The van der Waals surface area contributed by atoms with Gasteiger partial charge in [0.15, 0.2) is 0 Å². The highest BCUT2D eigenvalue weighted by atomic mass is 32.1. The fourth-order valence-corrected chi connectivity index (χ4v) is 5.35. The molecule has 2 atom stereocenters. The number of likely N-dealkylation sites (tertiary alicyclic amines) is 1. The van der Waals surface area contributed by atoms with E-state index >= 15 is 0 Å². The molecule has 0 unspecified atom stereocenters. The maximum Gasteiger partial charge on any atom is 0.256 e. The van der Waals surface area contributed by atoms with Crippen LogP contribution in [0, 0.1) is 6.92 Å². The molecule has 0 aliphatic carbocycles. The van der Waals surface area contributed by atoms with Crippen molar-refractivity contribution >= 4 is 29.1 Å². The second-order valence-corrected chi connectivity index (χ2v) is 10.8. The van der Waals surface area contributed by atoms with Gasteiger partial charge in [-0.3, -0.25) is 19.4 Å². The van der Waals surface area contributed by atoms with Crippen molar-refractivity contribution in [2.75, 3.05) is 39.9 Å². The molecule has 40 heavy (non-hydrogen) atoms. The minimum atomic E-state index is -0.453. The average molecular weight is 566 g/mol. The summed E-state index contributed by atoms with van der Waals surface area (Å²) in [6.45, 7) is 3.05. The normalized spacial score (nSPS) is 19.6. The summed E-state index contributed by atoms with van der Waals surface area (Å²) >= 11 is 1.50. The number of nitrogens with zero attached hydrogens (tertiary/aromatic N) is 4. The Morgan fingerprint density at radius 1 is 1.20 bits per heavy atom. The van der Waals surface area contributed by atoms with Crippen molar-refractivity contribution in [1.82, 2.24) is 25.1 Å². The molecule has 11 nitrogen and oxygen atoms in total. The van der Waals surface area contributed by atoms with Crippen molar-refractivity contribution in [3.63, 3.8) is 0 Å². The summed E-state index contributed by atoms with van der Waals surface area (Å²) in [5, 5.41) is 5.79. The van der Waals surface area contributed by atoms with Gasteiger partial charge in [-0.25, -0.2) is 4.98 Å². The number of methoxy groups -OCH3 is 1. The van der Waals surface area contributed by atoms with Crippen LogP contribution in [0.5, 0.6) is 11.5 Å². The monoisotopic (exact) mass is 565 g/mol. The molecule has 1 N–H and O–H groups in total. The number of ether oxygens (including phenoxy) is 3. The zero-order chi connectivity index (χ0) is 28.1. The Balaban J connectivity index is 1.40. The summed E-state index contributed by atoms with van der Waals surface area (Å²) in [6.07, 6.45) is 2.71. The van der Waals surface area contributed by atoms with Gasteiger partial charge in [0.25, 0.3) is 5.91 Å². The van der Waals surface area contributed by atoms with Crippen molar-refractivity contribution in [2.24, 2.45) is 0 Å². The standard InChI is InChI=1S/C28H31N5O6S/c1-18-30-21(17-40-18)10-27(35)33-13-24-25(14-33)38-16-19-4-3-5-22(8-19)39-23-9-20(11-29-12-23)28(36)32(6-7-37-2)15-26(34)31-24/h3-5,8-9,11-12,17,24-25H,6-7,10,13-16H2,1-2H3,(H,31,34)/t24-,25-/m0/s1. The molecular formula is C28H31N5O6S. The lowest BCUT2D eigenvalue weighted by atomic mass is 10.2. The molecular weight excluding hydrogens is 534 g/mol. The van der Waals surface area contributed by atoms with E-state index in [2.05, 4.69) is 15.3 Å². The van der Waals surface area contributed by atoms with Gasteiger partial charge in [0, 0.05) is 38.3 Å². The van der Waals surface area contributed by atoms with Crippen LogP contribution < -0.4 is 10.1 Å². The van der Waals surface area contributed by atoms with Gasteiger partial charge in [-0.1, -0.05) is 12.1 Å². The maximum atomic E-state index is 13.4. The molecule has 1 aromatic carbocycles. The highest BCUT2D eigenvalue weighted by Crippen LogP contribution is 2.25. The second kappa shape index (κ2) is 12.5. The number of carbonyl (C=O) groups is 3. The van der Waals surface area contributed by atoms with Gasteiger partial charge in [-0.15, -0.1) is 11.3 Å². The van der Waals surface area contributed by atoms with E-state index in [0.717, 1.165) is 16.3 Å². The van der Waals surface area contributed by atoms with Crippen molar-refractivity contribution in [2.45, 2.75) is 32.1 Å². The van der Waals surface area contributed by atoms with Gasteiger partial charge in [0.2, 0.25) is 11.8 Å². The third-order valence-electron chi connectivity index (χ3n) is 6.71. The smallest absolute Gasteiger partial charge is 0.256 e. The quantitative estimate of drug-likeness (QED) is 0.500. The molecule has 3 amide bonds. The Kier molecular flexibility index (Phi) is 8.68. The van der Waals surface area contributed by atoms with Gasteiger partial charge in [0.05, 0.1) is 60.8 Å². The van der Waals surface area contributed by atoms with Crippen LogP contribution in [0.4, 0.5) is 0 Å². The molecule has 12 heteroatoms. The number of hydrogen-bond donors (Lipinski definition) is 1. The Morgan fingerprint density at radius 3 is 2.88 bits per heavy atom. The molecule has 1 saturated heterocycles. The van der Waals surface area contributed by atoms with E-state index in [1.54, 1.807) is 11.0 Å². The number of aromatic nitrogens is 2. The van der Waals surface area contributed by atoms with Crippen LogP contribution in [-0.4, -0.2) is 89.5 Å². The lowest BCUT2D eigenvalue weighted by Crippen LogP contribution is -2.49. The van der Waals surface area contributed by atoms with E-state index in [0.29, 0.717) is 30.2 Å². The van der Waals surface area contributed by atoms with Crippen LogP contribution in [-0.2, 0) is 32.1 Å². The van der Waals surface area contributed by atoms with Gasteiger partial charge in [0.1, 0.15) is 11.5 Å². The summed E-state index contributed by atoms with van der Waals surface area (Å²) in [4.78, 5) is 51.4. The minimum Gasteiger partial charge on any atom is -0.456 e. The number of hydrogen-bond acceptors (Lipinski definition) is 9. The number of benzene rings is 1. The number of thiazole rings is 1. The predicted molar refractivity (Wildman–Crippen MR) is 146 cm³/mol. The molecule has 0 saturated carbocycles. The Morgan fingerprint density at radius 2 is 2.08 bits per heavy atom. The molecule has 5 rings (SSSR count). The zero-order valence-corrected chi connectivity index (χ0v) is 23.2. The molecule has 0 spiro atoms. The highest BCUT2D eigenvalue weighted by molar-refractivity contribution is 7.09. The molecule has 2 aliphatic heterocycles. The first-order valence-electron chi connectivity index (χ1n) is 13.0. The Bertz CT molecular complexity index is 1380. The van der Waals surface area contributed by atoms with Gasteiger partial charge in [-0.2, -0.15) is 0 Å². The summed E-state index contributed by atoms with van der Waals surface area (Å²) in [6, 6.07) is 8.57. The van der Waals surface area contributed by atoms with Crippen LogP contribution in [0.3, 0.4) is 0 Å². The summed E-state index contributed by atoms with van der Waals surface area (Å²) in [5.41, 5.74) is 1.88. The van der Waals surface area contributed by atoms with Gasteiger partial charge in [-0.05, 0) is 30.7 Å². The number of nitrogens with one attached hydrogen (secondary N) is 1. The molecule has 3 aromatic rings. The van der Waals surface area contributed by atoms with Crippen LogP contribution >= 0.6 is 11.3 Å². The van der Waals surface area contributed by atoms with E-state index < -0.39 is 12.1 Å². The first kappa shape index (κ1) is 27.7. The molecule has 4 bridgehead atoms. The summed E-state index contributed by atoms with van der Waals surface area (Å²) in [5.74, 6) is 0.151. The SMILES string of the molecule is COCCN1CC(=O)N[C@H]2CN(C(=O)Cc3csc(C)n3)C[C@@H]2OCc2cccc(c2)Oc2cncc(c2)C1=O. The first-order chi connectivity index (χ1) is 19.4. The van der Waals surface area contributed by atoms with E-state index in [1.165, 1.54) is 35.7 Å². The van der Waals surface area contributed by atoms with Crippen molar-refractivity contribution in [3.8, 4) is 11.5 Å². The summed E-state index contributed by atoms with van der Waals surface area (Å²) in [7, 11) is 1.53. The lowest BCUT2D eigenvalue weighted by Gasteiger charge is -2.25. The topological polar surface area (TPSA) is 123 Å². The fraction of sp³-hybridized carbons (Fsp3) is 0.393. The molecule has 4 heterocycles. The molecule has 2 aliphatic rings.